The van der Waals surface area contributed by atoms with E-state index in [1.165, 1.54) is 23.5 Å². The minimum atomic E-state index is -0.406. The van der Waals surface area contributed by atoms with Gasteiger partial charge >= 0.3 is 0 Å². The molecule has 0 aliphatic carbocycles. The Morgan fingerprint density at radius 1 is 0.971 bits per heavy atom. The molecule has 0 bridgehead atoms. The lowest BCUT2D eigenvalue weighted by atomic mass is 10.1. The molecule has 0 N–H and O–H groups in total. The summed E-state index contributed by atoms with van der Waals surface area (Å²) in [7, 11) is 1.62. The summed E-state index contributed by atoms with van der Waals surface area (Å²) in [6.45, 7) is 2.84. The molecule has 4 aromatic rings. The van der Waals surface area contributed by atoms with Crippen LogP contribution in [0.4, 0.5) is 10.8 Å². The Kier molecular flexibility index (Phi) is 7.84. The number of nitro benzene ring substituents is 1. The Hall–Kier alpha value is -4.04. The van der Waals surface area contributed by atoms with Crippen LogP contribution in [0.2, 0.25) is 0 Å². The molecule has 1 aromatic heterocycles. The zero-order valence-corrected chi connectivity index (χ0v) is 20.3. The number of ether oxygens (including phenoxy) is 2. The average Bonchev–Trinajstić information content (AvgIpc) is 3.33. The van der Waals surface area contributed by atoms with E-state index in [1.54, 1.807) is 25.5 Å². The standard InChI is InChI=1S/C27H25N3O4S/c1-3-4-17-34-24-13-5-19(6-14-24)18-28-27-29-25(20-9-15-23(33-2)16-10-20)26(35-27)21-7-11-22(12-8-21)30(31)32/h5-16,18H,3-4,17H2,1-2H3. The molecule has 4 rings (SSSR count). The molecule has 0 saturated heterocycles. The van der Waals surface area contributed by atoms with Crippen LogP contribution < -0.4 is 9.47 Å². The number of thiazole rings is 1. The number of aliphatic imine (C=N–C) groups is 1. The van der Waals surface area contributed by atoms with Crippen molar-refractivity contribution in [1.82, 2.24) is 4.98 Å². The van der Waals surface area contributed by atoms with Gasteiger partial charge in [0.05, 0.1) is 29.2 Å². The van der Waals surface area contributed by atoms with E-state index in [0.29, 0.717) is 11.7 Å². The zero-order valence-electron chi connectivity index (χ0n) is 19.5. The lowest BCUT2D eigenvalue weighted by Gasteiger charge is -2.04. The summed E-state index contributed by atoms with van der Waals surface area (Å²) in [6, 6.07) is 21.9. The van der Waals surface area contributed by atoms with E-state index in [-0.39, 0.29) is 5.69 Å². The molecule has 0 aliphatic heterocycles. The highest BCUT2D eigenvalue weighted by Crippen LogP contribution is 2.41. The minimum Gasteiger partial charge on any atom is -0.497 e. The van der Waals surface area contributed by atoms with E-state index in [1.807, 2.05) is 48.5 Å². The summed E-state index contributed by atoms with van der Waals surface area (Å²) >= 11 is 1.43. The molecule has 7 nitrogen and oxygen atoms in total. The molecule has 1 heterocycles. The third-order valence-corrected chi connectivity index (χ3v) is 6.30. The van der Waals surface area contributed by atoms with Crippen LogP contribution in [-0.4, -0.2) is 29.8 Å². The molecule has 0 saturated carbocycles. The number of hydrogen-bond donors (Lipinski definition) is 0. The first-order chi connectivity index (χ1) is 17.1. The molecule has 0 atom stereocenters. The topological polar surface area (TPSA) is 86.9 Å². The number of nitro groups is 1. The van der Waals surface area contributed by atoms with Crippen LogP contribution in [0.15, 0.2) is 77.8 Å². The van der Waals surface area contributed by atoms with Gasteiger partial charge in [-0.05, 0) is 78.2 Å². The number of nitrogens with zero attached hydrogens (tertiary/aromatic N) is 3. The summed E-state index contributed by atoms with van der Waals surface area (Å²) in [6.07, 6.45) is 3.89. The second-order valence-corrected chi connectivity index (χ2v) is 8.71. The van der Waals surface area contributed by atoms with Gasteiger partial charge in [-0.1, -0.05) is 24.7 Å². The van der Waals surface area contributed by atoms with Crippen molar-refractivity contribution in [3.05, 3.63) is 88.5 Å². The predicted octanol–water partition coefficient (Wildman–Crippen LogP) is 7.32. The molecular weight excluding hydrogens is 462 g/mol. The zero-order chi connectivity index (χ0) is 24.6. The number of aromatic nitrogens is 1. The van der Waals surface area contributed by atoms with Crippen molar-refractivity contribution in [3.8, 4) is 33.2 Å². The Balaban J connectivity index is 1.63. The maximum Gasteiger partial charge on any atom is 0.269 e. The first kappa shape index (κ1) is 24.1. The van der Waals surface area contributed by atoms with Crippen LogP contribution in [0.3, 0.4) is 0 Å². The Labute approximate surface area is 207 Å². The molecule has 0 fully saturated rings. The average molecular weight is 488 g/mol. The predicted molar refractivity (Wildman–Crippen MR) is 140 cm³/mol. The normalized spacial score (nSPS) is 11.0. The van der Waals surface area contributed by atoms with E-state index in [9.17, 15) is 10.1 Å². The molecule has 0 aliphatic rings. The molecule has 0 radical (unpaired) electrons. The van der Waals surface area contributed by atoms with E-state index < -0.39 is 4.92 Å². The van der Waals surface area contributed by atoms with Crippen LogP contribution in [0.5, 0.6) is 11.5 Å². The van der Waals surface area contributed by atoms with E-state index >= 15 is 0 Å². The Bertz CT molecular complexity index is 1300. The number of non-ortho nitro benzene ring substituents is 1. The highest BCUT2D eigenvalue weighted by molar-refractivity contribution is 7.19. The molecule has 0 amide bonds. The molecular formula is C27H25N3O4S. The fourth-order valence-corrected chi connectivity index (χ4v) is 4.29. The van der Waals surface area contributed by atoms with Crippen LogP contribution in [0.25, 0.3) is 21.7 Å². The molecule has 0 spiro atoms. The smallest absolute Gasteiger partial charge is 0.269 e. The third kappa shape index (κ3) is 6.10. The van der Waals surface area contributed by atoms with Gasteiger partial charge in [0.2, 0.25) is 5.13 Å². The largest absolute Gasteiger partial charge is 0.497 e. The summed E-state index contributed by atoms with van der Waals surface area (Å²) in [5.41, 5.74) is 3.49. The van der Waals surface area contributed by atoms with Gasteiger partial charge in [-0.25, -0.2) is 9.98 Å². The van der Waals surface area contributed by atoms with Crippen molar-refractivity contribution in [1.29, 1.82) is 0 Å². The number of benzene rings is 3. The van der Waals surface area contributed by atoms with E-state index in [4.69, 9.17) is 14.5 Å². The number of unbranched alkanes of at least 4 members (excludes halogenated alkanes) is 1. The van der Waals surface area contributed by atoms with Gasteiger partial charge in [0, 0.05) is 23.9 Å². The van der Waals surface area contributed by atoms with Gasteiger partial charge in [-0.2, -0.15) is 0 Å². The van der Waals surface area contributed by atoms with E-state index in [0.717, 1.165) is 51.6 Å². The van der Waals surface area contributed by atoms with Crippen LogP contribution in [-0.2, 0) is 0 Å². The quantitative estimate of drug-likeness (QED) is 0.101. The van der Waals surface area contributed by atoms with Crippen molar-refractivity contribution < 1.29 is 14.4 Å². The van der Waals surface area contributed by atoms with Crippen LogP contribution in [0.1, 0.15) is 25.3 Å². The maximum absolute atomic E-state index is 11.1. The van der Waals surface area contributed by atoms with Crippen molar-refractivity contribution in [3.63, 3.8) is 0 Å². The first-order valence-electron chi connectivity index (χ1n) is 11.2. The molecule has 8 heteroatoms. The maximum atomic E-state index is 11.1. The van der Waals surface area contributed by atoms with Gasteiger partial charge in [-0.15, -0.1) is 0 Å². The van der Waals surface area contributed by atoms with Crippen LogP contribution in [0, 0.1) is 10.1 Å². The van der Waals surface area contributed by atoms with Gasteiger partial charge in [-0.3, -0.25) is 10.1 Å². The van der Waals surface area contributed by atoms with Crippen molar-refractivity contribution in [2.24, 2.45) is 4.99 Å². The van der Waals surface area contributed by atoms with Crippen LogP contribution >= 0.6 is 11.3 Å². The van der Waals surface area contributed by atoms with Gasteiger partial charge in [0.15, 0.2) is 0 Å². The van der Waals surface area contributed by atoms with Gasteiger partial charge in [0.1, 0.15) is 11.5 Å². The second kappa shape index (κ2) is 11.4. The van der Waals surface area contributed by atoms with Crippen molar-refractivity contribution in [2.45, 2.75) is 19.8 Å². The highest BCUT2D eigenvalue weighted by atomic mass is 32.1. The number of methoxy groups -OCH3 is 1. The summed E-state index contributed by atoms with van der Waals surface area (Å²) in [5.74, 6) is 1.59. The Morgan fingerprint density at radius 3 is 2.26 bits per heavy atom. The van der Waals surface area contributed by atoms with Crippen molar-refractivity contribution in [2.75, 3.05) is 13.7 Å². The highest BCUT2D eigenvalue weighted by Gasteiger charge is 2.16. The van der Waals surface area contributed by atoms with Crippen molar-refractivity contribution >= 4 is 28.4 Å². The fourth-order valence-electron chi connectivity index (χ4n) is 3.35. The molecule has 0 unspecified atom stereocenters. The first-order valence-corrected chi connectivity index (χ1v) is 12.1. The van der Waals surface area contributed by atoms with E-state index in [2.05, 4.69) is 11.9 Å². The summed E-state index contributed by atoms with van der Waals surface area (Å²) in [5, 5.41) is 11.7. The molecule has 35 heavy (non-hydrogen) atoms. The number of hydrogen-bond acceptors (Lipinski definition) is 7. The number of rotatable bonds is 10. The lowest BCUT2D eigenvalue weighted by Crippen LogP contribution is -1.96. The van der Waals surface area contributed by atoms with Gasteiger partial charge in [0.25, 0.3) is 5.69 Å². The molecule has 178 valence electrons. The van der Waals surface area contributed by atoms with Gasteiger partial charge < -0.3 is 9.47 Å². The Morgan fingerprint density at radius 2 is 1.63 bits per heavy atom. The molecule has 3 aromatic carbocycles. The third-order valence-electron chi connectivity index (χ3n) is 5.29. The monoisotopic (exact) mass is 487 g/mol. The SMILES string of the molecule is CCCCOc1ccc(C=Nc2nc(-c3ccc(OC)cc3)c(-c3ccc([N+](=O)[O-])cc3)s2)cc1. The fraction of sp³-hybridized carbons (Fsp3) is 0.185. The summed E-state index contributed by atoms with van der Waals surface area (Å²) < 4.78 is 11.0. The second-order valence-electron chi connectivity index (χ2n) is 7.74. The lowest BCUT2D eigenvalue weighted by molar-refractivity contribution is -0.384. The minimum absolute atomic E-state index is 0.0460. The summed E-state index contributed by atoms with van der Waals surface area (Å²) in [4.78, 5) is 20.9.